The molecule has 1 heterocycles. The van der Waals surface area contributed by atoms with Crippen LogP contribution < -0.4 is 10.6 Å². The summed E-state index contributed by atoms with van der Waals surface area (Å²) in [5.74, 6) is -1.21. The summed E-state index contributed by atoms with van der Waals surface area (Å²) in [5.41, 5.74) is 3.05. The van der Waals surface area contributed by atoms with Gasteiger partial charge in [0.2, 0.25) is 0 Å². The maximum absolute atomic E-state index is 13.1. The second-order valence-electron chi connectivity index (χ2n) is 9.97. The van der Waals surface area contributed by atoms with Gasteiger partial charge in [0, 0.05) is 0 Å². The first-order valence-corrected chi connectivity index (χ1v) is 13.2. The van der Waals surface area contributed by atoms with Crippen LogP contribution in [0.1, 0.15) is 55.8 Å². The minimum absolute atomic E-state index is 0.0953. The van der Waals surface area contributed by atoms with E-state index < -0.39 is 24.2 Å². The van der Waals surface area contributed by atoms with Gasteiger partial charge in [-0.05, 0) is 48.3 Å². The number of nitrogens with one attached hydrogen (secondary N) is 2. The Kier molecular flexibility index (Phi) is 9.38. The number of rotatable bonds is 12. The molecule has 0 saturated carbocycles. The summed E-state index contributed by atoms with van der Waals surface area (Å²) in [5, 5.41) is 5.62. The van der Waals surface area contributed by atoms with Crippen LogP contribution in [0.15, 0.2) is 91.0 Å². The number of hydrogen-bond acceptors (Lipinski definition) is 5. The molecule has 1 fully saturated rings. The lowest BCUT2D eigenvalue weighted by atomic mass is 9.97. The standard InChI is InChI=1S/C31H36N2O5/c1-23(2)21-27(26-18-10-5-11-19-26)32-29(34)38-31(33-30(35)36-22-25-15-8-4-9-16-25)28(37-31)20-12-17-24-13-6-3-7-14-24/h3-11,13-16,18-19,23,27-28H,12,17,20-22H2,1-2H3,(H,32,34)(H,33,35)/t27?,28-,31?/m1/s1. The molecule has 3 aromatic carbocycles. The zero-order chi connectivity index (χ0) is 26.8. The topological polar surface area (TPSA) is 89.2 Å². The molecular formula is C31H36N2O5. The molecule has 3 aromatic rings. The molecular weight excluding hydrogens is 480 g/mol. The van der Waals surface area contributed by atoms with E-state index >= 15 is 0 Å². The summed E-state index contributed by atoms with van der Waals surface area (Å²) < 4.78 is 16.9. The second kappa shape index (κ2) is 13.1. The Balaban J connectivity index is 1.38. The summed E-state index contributed by atoms with van der Waals surface area (Å²) in [7, 11) is 0. The molecule has 0 spiro atoms. The quantitative estimate of drug-likeness (QED) is 0.212. The van der Waals surface area contributed by atoms with E-state index in [4.69, 9.17) is 14.2 Å². The Morgan fingerprint density at radius 2 is 1.47 bits per heavy atom. The van der Waals surface area contributed by atoms with Crippen LogP contribution in [0.2, 0.25) is 0 Å². The molecule has 7 nitrogen and oxygen atoms in total. The van der Waals surface area contributed by atoms with E-state index in [9.17, 15) is 9.59 Å². The molecule has 2 unspecified atom stereocenters. The van der Waals surface area contributed by atoms with Crippen molar-refractivity contribution in [2.45, 2.75) is 64.2 Å². The minimum atomic E-state index is -1.56. The van der Waals surface area contributed by atoms with Gasteiger partial charge in [-0.2, -0.15) is 0 Å². The first-order chi connectivity index (χ1) is 18.4. The van der Waals surface area contributed by atoms with E-state index in [0.29, 0.717) is 12.3 Å². The molecule has 2 N–H and O–H groups in total. The van der Waals surface area contributed by atoms with Gasteiger partial charge >= 0.3 is 18.1 Å². The van der Waals surface area contributed by atoms with Gasteiger partial charge in [0.1, 0.15) is 6.61 Å². The highest BCUT2D eigenvalue weighted by Gasteiger charge is 2.62. The molecule has 1 aliphatic heterocycles. The van der Waals surface area contributed by atoms with Crippen molar-refractivity contribution in [3.63, 3.8) is 0 Å². The molecule has 0 aromatic heterocycles. The largest absolute Gasteiger partial charge is 0.445 e. The third-order valence-electron chi connectivity index (χ3n) is 6.39. The Labute approximate surface area is 224 Å². The number of epoxide rings is 1. The summed E-state index contributed by atoms with van der Waals surface area (Å²) >= 11 is 0. The van der Waals surface area contributed by atoms with Gasteiger partial charge in [0.25, 0.3) is 0 Å². The molecule has 1 aliphatic rings. The highest BCUT2D eigenvalue weighted by molar-refractivity contribution is 5.71. The van der Waals surface area contributed by atoms with E-state index in [-0.39, 0.29) is 12.6 Å². The van der Waals surface area contributed by atoms with Gasteiger partial charge < -0.3 is 19.5 Å². The number of ether oxygens (including phenoxy) is 3. The van der Waals surface area contributed by atoms with Crippen molar-refractivity contribution < 1.29 is 23.8 Å². The van der Waals surface area contributed by atoms with Crippen molar-refractivity contribution >= 4 is 12.2 Å². The van der Waals surface area contributed by atoms with Crippen LogP contribution in [0, 0.1) is 5.92 Å². The summed E-state index contributed by atoms with van der Waals surface area (Å²) in [4.78, 5) is 25.7. The second-order valence-corrected chi connectivity index (χ2v) is 9.97. The normalized spacial score (nSPS) is 18.9. The van der Waals surface area contributed by atoms with E-state index in [0.717, 1.165) is 30.4 Å². The number of aryl methyl sites for hydroxylation is 1. The molecule has 1 saturated heterocycles. The van der Waals surface area contributed by atoms with Crippen molar-refractivity contribution in [1.29, 1.82) is 0 Å². The third-order valence-corrected chi connectivity index (χ3v) is 6.39. The number of hydrogen-bond donors (Lipinski definition) is 2. The van der Waals surface area contributed by atoms with E-state index in [1.54, 1.807) is 0 Å². The van der Waals surface area contributed by atoms with Crippen LogP contribution in [0.4, 0.5) is 9.59 Å². The van der Waals surface area contributed by atoms with Crippen LogP contribution in [-0.2, 0) is 27.2 Å². The Bertz CT molecular complexity index is 1160. The molecule has 0 aliphatic carbocycles. The molecule has 7 heteroatoms. The van der Waals surface area contributed by atoms with E-state index in [1.807, 2.05) is 78.9 Å². The third kappa shape index (κ3) is 8.08. The van der Waals surface area contributed by atoms with Crippen molar-refractivity contribution in [3.05, 3.63) is 108 Å². The van der Waals surface area contributed by atoms with Crippen molar-refractivity contribution in [1.82, 2.24) is 10.6 Å². The lowest BCUT2D eigenvalue weighted by Crippen LogP contribution is -2.46. The Morgan fingerprint density at radius 1 is 0.868 bits per heavy atom. The summed E-state index contributed by atoms with van der Waals surface area (Å²) in [6.07, 6.45) is 1.16. The Morgan fingerprint density at radius 3 is 2.11 bits per heavy atom. The maximum Gasteiger partial charge on any atom is 0.412 e. The highest BCUT2D eigenvalue weighted by Crippen LogP contribution is 2.39. The van der Waals surface area contributed by atoms with Gasteiger partial charge in [-0.1, -0.05) is 105 Å². The molecule has 3 atom stereocenters. The monoisotopic (exact) mass is 516 g/mol. The van der Waals surface area contributed by atoms with Crippen LogP contribution in [0.5, 0.6) is 0 Å². The fourth-order valence-corrected chi connectivity index (χ4v) is 4.43. The van der Waals surface area contributed by atoms with E-state index in [2.05, 4.69) is 36.6 Å². The maximum atomic E-state index is 13.1. The number of benzene rings is 3. The van der Waals surface area contributed by atoms with Gasteiger partial charge in [0.05, 0.1) is 6.04 Å². The first-order valence-electron chi connectivity index (χ1n) is 13.2. The van der Waals surface area contributed by atoms with Gasteiger partial charge in [0.15, 0.2) is 6.10 Å². The molecule has 4 rings (SSSR count). The SMILES string of the molecule is CC(C)CC(NC(=O)OC1(NC(=O)OCc2ccccc2)O[C@@H]1CCCc1ccccc1)c1ccccc1. The zero-order valence-corrected chi connectivity index (χ0v) is 22.0. The number of alkyl carbamates (subject to hydrolysis) is 2. The lowest BCUT2D eigenvalue weighted by Gasteiger charge is -2.23. The average molecular weight is 517 g/mol. The molecule has 0 bridgehead atoms. The number of amides is 2. The average Bonchev–Trinajstić information content (AvgIpc) is 3.59. The van der Waals surface area contributed by atoms with Gasteiger partial charge in [-0.3, -0.25) is 5.32 Å². The predicted molar refractivity (Wildman–Crippen MR) is 145 cm³/mol. The molecule has 38 heavy (non-hydrogen) atoms. The van der Waals surface area contributed by atoms with Crippen LogP contribution >= 0.6 is 0 Å². The minimum Gasteiger partial charge on any atom is -0.445 e. The fourth-order valence-electron chi connectivity index (χ4n) is 4.43. The molecule has 200 valence electrons. The predicted octanol–water partition coefficient (Wildman–Crippen LogP) is 6.50. The number of carbonyl (C=O) groups excluding carboxylic acids is 2. The number of carbonyl (C=O) groups is 2. The lowest BCUT2D eigenvalue weighted by molar-refractivity contribution is -0.0169. The molecule has 2 amide bonds. The van der Waals surface area contributed by atoms with E-state index in [1.165, 1.54) is 5.56 Å². The fraction of sp³-hybridized carbons (Fsp3) is 0.355. The van der Waals surface area contributed by atoms with Crippen molar-refractivity contribution in [2.75, 3.05) is 0 Å². The first kappa shape index (κ1) is 27.2. The zero-order valence-electron chi connectivity index (χ0n) is 22.0. The smallest absolute Gasteiger partial charge is 0.412 e. The highest BCUT2D eigenvalue weighted by atomic mass is 16.8. The van der Waals surface area contributed by atoms with Crippen molar-refractivity contribution in [3.8, 4) is 0 Å². The van der Waals surface area contributed by atoms with Crippen LogP contribution in [-0.4, -0.2) is 24.2 Å². The van der Waals surface area contributed by atoms with Crippen LogP contribution in [0.3, 0.4) is 0 Å². The Hall–Kier alpha value is -3.84. The van der Waals surface area contributed by atoms with Crippen LogP contribution in [0.25, 0.3) is 0 Å². The summed E-state index contributed by atoms with van der Waals surface area (Å²) in [6.45, 7) is 4.29. The van der Waals surface area contributed by atoms with Gasteiger partial charge in [-0.25, -0.2) is 9.59 Å². The molecule has 0 radical (unpaired) electrons. The van der Waals surface area contributed by atoms with Crippen molar-refractivity contribution in [2.24, 2.45) is 5.92 Å². The summed E-state index contributed by atoms with van der Waals surface area (Å²) in [6, 6.07) is 29.0. The van der Waals surface area contributed by atoms with Gasteiger partial charge in [-0.15, -0.1) is 0 Å².